The molecule has 1 unspecified atom stereocenters. The Labute approximate surface area is 120 Å². The van der Waals surface area contributed by atoms with Crippen LogP contribution in [0.15, 0.2) is 0 Å². The van der Waals surface area contributed by atoms with E-state index in [1.54, 1.807) is 4.90 Å². The number of rotatable bonds is 2. The molecule has 2 fully saturated rings. The van der Waals surface area contributed by atoms with Gasteiger partial charge in [0.1, 0.15) is 11.1 Å². The summed E-state index contributed by atoms with van der Waals surface area (Å²) >= 11 is 0. The van der Waals surface area contributed by atoms with Crippen LogP contribution in [0.1, 0.15) is 52.9 Å². The molecule has 1 atom stereocenters. The summed E-state index contributed by atoms with van der Waals surface area (Å²) in [6.45, 7) is 6.08. The lowest BCUT2D eigenvalue weighted by Gasteiger charge is -2.45. The molecule has 1 saturated heterocycles. The Balaban J connectivity index is 2.25. The number of ether oxygens (including phenoxy) is 2. The van der Waals surface area contributed by atoms with Gasteiger partial charge in [-0.05, 0) is 52.4 Å². The van der Waals surface area contributed by atoms with Gasteiger partial charge in [0, 0.05) is 6.54 Å². The van der Waals surface area contributed by atoms with Crippen LogP contribution in [0.25, 0.3) is 0 Å². The summed E-state index contributed by atoms with van der Waals surface area (Å²) < 4.78 is 10.5. The summed E-state index contributed by atoms with van der Waals surface area (Å²) in [6.07, 6.45) is 4.19. The summed E-state index contributed by atoms with van der Waals surface area (Å²) in [5.41, 5.74) is -1.35. The Morgan fingerprint density at radius 1 is 1.20 bits per heavy atom. The molecule has 0 spiro atoms. The molecule has 1 aliphatic carbocycles. The maximum atomic E-state index is 12.4. The highest BCUT2D eigenvalue weighted by Crippen LogP contribution is 2.46. The third kappa shape index (κ3) is 2.50. The maximum absolute atomic E-state index is 12.4. The molecule has 0 N–H and O–H groups in total. The molecule has 1 amide bonds. The first-order valence-electron chi connectivity index (χ1n) is 7.40. The van der Waals surface area contributed by atoms with Gasteiger partial charge in [0.05, 0.1) is 7.11 Å². The fourth-order valence-corrected chi connectivity index (χ4v) is 3.28. The zero-order chi connectivity index (χ0) is 15.0. The number of nitrogens with zero attached hydrogens (tertiary/aromatic N) is 1. The minimum absolute atomic E-state index is 0.213. The van der Waals surface area contributed by atoms with Gasteiger partial charge in [0.2, 0.25) is 0 Å². The van der Waals surface area contributed by atoms with Gasteiger partial charge in [-0.15, -0.1) is 0 Å². The van der Waals surface area contributed by atoms with Gasteiger partial charge in [-0.25, -0.2) is 9.59 Å². The Kier molecular flexibility index (Phi) is 3.98. The average Bonchev–Trinajstić information content (AvgIpc) is 2.68. The second-order valence-corrected chi connectivity index (χ2v) is 6.78. The van der Waals surface area contributed by atoms with Crippen molar-refractivity contribution in [3.05, 3.63) is 0 Å². The second kappa shape index (κ2) is 5.26. The highest BCUT2D eigenvalue weighted by molar-refractivity contribution is 5.87. The molecule has 0 radical (unpaired) electrons. The van der Waals surface area contributed by atoms with Crippen LogP contribution in [-0.2, 0) is 14.3 Å². The van der Waals surface area contributed by atoms with Crippen LogP contribution in [0.2, 0.25) is 0 Å². The summed E-state index contributed by atoms with van der Waals surface area (Å²) in [5, 5.41) is 0. The topological polar surface area (TPSA) is 55.8 Å². The molecule has 2 rings (SSSR count). The highest BCUT2D eigenvalue weighted by atomic mass is 16.6. The number of hydrogen-bond acceptors (Lipinski definition) is 4. The SMILES string of the molecule is COC(=O)C1(C2CCC2)CCCN1C(=O)OC(C)(C)C. The Morgan fingerprint density at radius 2 is 1.85 bits per heavy atom. The van der Waals surface area contributed by atoms with Gasteiger partial charge >= 0.3 is 12.1 Å². The van der Waals surface area contributed by atoms with E-state index in [1.165, 1.54) is 7.11 Å². The summed E-state index contributed by atoms with van der Waals surface area (Å²) in [4.78, 5) is 26.4. The maximum Gasteiger partial charge on any atom is 0.411 e. The van der Waals surface area contributed by atoms with Crippen LogP contribution in [-0.4, -0.2) is 41.8 Å². The van der Waals surface area contributed by atoms with Crippen molar-refractivity contribution >= 4 is 12.1 Å². The normalized spacial score (nSPS) is 27.1. The molecule has 2 aliphatic rings. The van der Waals surface area contributed by atoms with Gasteiger partial charge < -0.3 is 9.47 Å². The Hall–Kier alpha value is -1.26. The summed E-state index contributed by atoms with van der Waals surface area (Å²) in [5.74, 6) is -0.0736. The van der Waals surface area contributed by atoms with E-state index >= 15 is 0 Å². The zero-order valence-electron chi connectivity index (χ0n) is 12.9. The first-order chi connectivity index (χ1) is 9.31. The first-order valence-corrected chi connectivity index (χ1v) is 7.40. The number of esters is 1. The van der Waals surface area contributed by atoms with Gasteiger partial charge in [-0.3, -0.25) is 4.90 Å². The first kappa shape index (κ1) is 15.1. The summed E-state index contributed by atoms with van der Waals surface area (Å²) in [7, 11) is 1.40. The van der Waals surface area contributed by atoms with E-state index in [1.807, 2.05) is 20.8 Å². The molecule has 20 heavy (non-hydrogen) atoms. The number of methoxy groups -OCH3 is 1. The van der Waals surface area contributed by atoms with E-state index in [9.17, 15) is 9.59 Å². The molecular formula is C15H25NO4. The van der Waals surface area contributed by atoms with Crippen molar-refractivity contribution in [2.75, 3.05) is 13.7 Å². The predicted molar refractivity (Wildman–Crippen MR) is 74.3 cm³/mol. The Bertz CT molecular complexity index is 397. The van der Waals surface area contributed by atoms with E-state index in [2.05, 4.69) is 0 Å². The summed E-state index contributed by atoms with van der Waals surface area (Å²) in [6, 6.07) is 0. The molecule has 0 aromatic rings. The molecule has 114 valence electrons. The van der Waals surface area contributed by atoms with E-state index < -0.39 is 17.2 Å². The molecule has 5 heteroatoms. The third-order valence-electron chi connectivity index (χ3n) is 4.35. The molecule has 5 nitrogen and oxygen atoms in total. The van der Waals surface area contributed by atoms with Gasteiger partial charge in [0.25, 0.3) is 0 Å². The predicted octanol–water partition coefficient (Wildman–Crippen LogP) is 2.73. The lowest BCUT2D eigenvalue weighted by molar-refractivity contribution is -0.159. The minimum Gasteiger partial charge on any atom is -0.467 e. The van der Waals surface area contributed by atoms with E-state index in [-0.39, 0.29) is 11.9 Å². The van der Waals surface area contributed by atoms with E-state index in [0.717, 1.165) is 25.7 Å². The average molecular weight is 283 g/mol. The zero-order valence-corrected chi connectivity index (χ0v) is 12.9. The smallest absolute Gasteiger partial charge is 0.411 e. The van der Waals surface area contributed by atoms with Crippen molar-refractivity contribution in [2.24, 2.45) is 5.92 Å². The Morgan fingerprint density at radius 3 is 2.30 bits per heavy atom. The van der Waals surface area contributed by atoms with Crippen molar-refractivity contribution in [2.45, 2.75) is 64.0 Å². The number of hydrogen-bond donors (Lipinski definition) is 0. The van der Waals surface area contributed by atoms with Crippen molar-refractivity contribution in [1.29, 1.82) is 0 Å². The van der Waals surface area contributed by atoms with Crippen LogP contribution in [0.5, 0.6) is 0 Å². The third-order valence-corrected chi connectivity index (χ3v) is 4.35. The van der Waals surface area contributed by atoms with Crippen LogP contribution in [0.4, 0.5) is 4.79 Å². The molecule has 0 aromatic heterocycles. The van der Waals surface area contributed by atoms with Gasteiger partial charge in [-0.2, -0.15) is 0 Å². The molecule has 1 aliphatic heterocycles. The van der Waals surface area contributed by atoms with Crippen molar-refractivity contribution < 1.29 is 19.1 Å². The van der Waals surface area contributed by atoms with Crippen molar-refractivity contribution in [1.82, 2.24) is 4.90 Å². The fourth-order valence-electron chi connectivity index (χ4n) is 3.28. The van der Waals surface area contributed by atoms with E-state index in [4.69, 9.17) is 9.47 Å². The number of likely N-dealkylation sites (tertiary alicyclic amines) is 1. The van der Waals surface area contributed by atoms with Crippen molar-refractivity contribution in [3.8, 4) is 0 Å². The lowest BCUT2D eigenvalue weighted by atomic mass is 9.69. The highest BCUT2D eigenvalue weighted by Gasteiger charge is 2.57. The van der Waals surface area contributed by atoms with E-state index in [0.29, 0.717) is 13.0 Å². The van der Waals surface area contributed by atoms with Crippen molar-refractivity contribution in [3.63, 3.8) is 0 Å². The van der Waals surface area contributed by atoms with Gasteiger partial charge in [-0.1, -0.05) is 6.42 Å². The largest absolute Gasteiger partial charge is 0.467 e. The van der Waals surface area contributed by atoms with Crippen LogP contribution in [0.3, 0.4) is 0 Å². The van der Waals surface area contributed by atoms with Crippen LogP contribution >= 0.6 is 0 Å². The molecule has 0 bridgehead atoms. The number of amides is 1. The number of carbonyl (C=O) groups excluding carboxylic acids is 2. The molecule has 1 heterocycles. The lowest BCUT2D eigenvalue weighted by Crippen LogP contribution is -2.60. The monoisotopic (exact) mass is 283 g/mol. The molecular weight excluding hydrogens is 258 g/mol. The van der Waals surface area contributed by atoms with Gasteiger partial charge in [0.15, 0.2) is 0 Å². The number of carbonyl (C=O) groups is 2. The quantitative estimate of drug-likeness (QED) is 0.731. The second-order valence-electron chi connectivity index (χ2n) is 6.78. The van der Waals surface area contributed by atoms with Crippen LogP contribution < -0.4 is 0 Å². The molecule has 0 aromatic carbocycles. The molecule has 1 saturated carbocycles. The fraction of sp³-hybridized carbons (Fsp3) is 0.867. The minimum atomic E-state index is -0.796. The van der Waals surface area contributed by atoms with Crippen LogP contribution in [0, 0.1) is 5.92 Å². The standard InChI is InChI=1S/C15H25NO4/c1-14(2,3)20-13(18)16-10-6-9-15(16,12(17)19-4)11-7-5-8-11/h11H,5-10H2,1-4H3.